The van der Waals surface area contributed by atoms with E-state index in [1.54, 1.807) is 0 Å². The highest BCUT2D eigenvalue weighted by Crippen LogP contribution is 2.37. The van der Waals surface area contributed by atoms with Gasteiger partial charge in [0.25, 0.3) is 0 Å². The van der Waals surface area contributed by atoms with Crippen LogP contribution in [0.25, 0.3) is 0 Å². The molecular formula is C14H28N2. The van der Waals surface area contributed by atoms with E-state index in [4.69, 9.17) is 0 Å². The van der Waals surface area contributed by atoms with Crippen molar-refractivity contribution in [1.29, 1.82) is 0 Å². The zero-order valence-electron chi connectivity index (χ0n) is 11.3. The van der Waals surface area contributed by atoms with Gasteiger partial charge in [-0.3, -0.25) is 0 Å². The lowest BCUT2D eigenvalue weighted by atomic mass is 9.86. The van der Waals surface area contributed by atoms with Crippen molar-refractivity contribution in [2.75, 3.05) is 20.1 Å². The molecule has 1 aliphatic heterocycles. The van der Waals surface area contributed by atoms with Crippen molar-refractivity contribution in [3.05, 3.63) is 0 Å². The van der Waals surface area contributed by atoms with Crippen molar-refractivity contribution in [1.82, 2.24) is 10.2 Å². The van der Waals surface area contributed by atoms with Gasteiger partial charge in [0, 0.05) is 12.1 Å². The molecule has 0 aromatic rings. The topological polar surface area (TPSA) is 15.3 Å². The van der Waals surface area contributed by atoms with Crippen LogP contribution in [0.5, 0.6) is 0 Å². The summed E-state index contributed by atoms with van der Waals surface area (Å²) in [5, 5.41) is 3.94. The van der Waals surface area contributed by atoms with Crippen LogP contribution in [0.15, 0.2) is 0 Å². The standard InChI is InChI=1S/C14H28N2/c1-14(2)9-4-7-13(14)15-12-6-5-10-16(3)11-8-12/h12-13,15H,4-11H2,1-3H3. The fourth-order valence-electron chi connectivity index (χ4n) is 3.33. The number of nitrogens with zero attached hydrogens (tertiary/aromatic N) is 1. The highest BCUT2D eigenvalue weighted by molar-refractivity contribution is 4.92. The number of nitrogens with one attached hydrogen (secondary N) is 1. The van der Waals surface area contributed by atoms with E-state index in [1.165, 1.54) is 51.6 Å². The van der Waals surface area contributed by atoms with E-state index < -0.39 is 0 Å². The van der Waals surface area contributed by atoms with Gasteiger partial charge >= 0.3 is 0 Å². The first-order valence-electron chi connectivity index (χ1n) is 7.02. The van der Waals surface area contributed by atoms with E-state index in [0.29, 0.717) is 5.41 Å². The molecule has 1 heterocycles. The molecule has 0 bridgehead atoms. The first-order valence-corrected chi connectivity index (χ1v) is 7.02. The zero-order valence-corrected chi connectivity index (χ0v) is 11.3. The molecule has 2 rings (SSSR count). The second-order valence-electron chi connectivity index (χ2n) is 6.53. The van der Waals surface area contributed by atoms with Gasteiger partial charge in [-0.25, -0.2) is 0 Å². The lowest BCUT2D eigenvalue weighted by Crippen LogP contribution is -2.44. The maximum absolute atomic E-state index is 3.94. The predicted octanol–water partition coefficient (Wildman–Crippen LogP) is 2.64. The number of hydrogen-bond donors (Lipinski definition) is 1. The molecule has 1 N–H and O–H groups in total. The summed E-state index contributed by atoms with van der Waals surface area (Å²) in [7, 11) is 2.25. The van der Waals surface area contributed by atoms with Crippen molar-refractivity contribution in [2.45, 2.75) is 64.5 Å². The van der Waals surface area contributed by atoms with Crippen molar-refractivity contribution >= 4 is 0 Å². The maximum atomic E-state index is 3.94. The van der Waals surface area contributed by atoms with Crippen molar-refractivity contribution < 1.29 is 0 Å². The van der Waals surface area contributed by atoms with Crippen LogP contribution in [0, 0.1) is 5.41 Å². The van der Waals surface area contributed by atoms with Gasteiger partial charge in [0.15, 0.2) is 0 Å². The Morgan fingerprint density at radius 2 is 1.88 bits per heavy atom. The molecule has 2 atom stereocenters. The highest BCUT2D eigenvalue weighted by atomic mass is 15.1. The van der Waals surface area contributed by atoms with Gasteiger partial charge in [-0.05, 0) is 57.7 Å². The fraction of sp³-hybridized carbons (Fsp3) is 1.00. The van der Waals surface area contributed by atoms with Crippen LogP contribution in [0.1, 0.15) is 52.4 Å². The molecule has 0 spiro atoms. The fourth-order valence-corrected chi connectivity index (χ4v) is 3.33. The summed E-state index contributed by atoms with van der Waals surface area (Å²) in [4.78, 5) is 2.47. The Kier molecular flexibility index (Phi) is 3.91. The van der Waals surface area contributed by atoms with Crippen LogP contribution in [-0.2, 0) is 0 Å². The zero-order chi connectivity index (χ0) is 11.6. The van der Waals surface area contributed by atoms with E-state index in [2.05, 4.69) is 31.1 Å². The van der Waals surface area contributed by atoms with Crippen molar-refractivity contribution in [2.24, 2.45) is 5.41 Å². The van der Waals surface area contributed by atoms with Crippen molar-refractivity contribution in [3.8, 4) is 0 Å². The minimum Gasteiger partial charge on any atom is -0.311 e. The Morgan fingerprint density at radius 1 is 1.06 bits per heavy atom. The third-order valence-electron chi connectivity index (χ3n) is 4.65. The monoisotopic (exact) mass is 224 g/mol. The Hall–Kier alpha value is -0.0800. The SMILES string of the molecule is CN1CCCC(NC2CCCC2(C)C)CC1. The second kappa shape index (κ2) is 5.05. The highest BCUT2D eigenvalue weighted by Gasteiger charge is 2.35. The molecule has 94 valence electrons. The molecule has 0 aromatic heterocycles. The van der Waals surface area contributed by atoms with E-state index in [-0.39, 0.29) is 0 Å². The largest absolute Gasteiger partial charge is 0.311 e. The smallest absolute Gasteiger partial charge is 0.0121 e. The van der Waals surface area contributed by atoms with Crippen LogP contribution in [-0.4, -0.2) is 37.1 Å². The average Bonchev–Trinajstić information content (AvgIpc) is 2.43. The molecule has 0 radical (unpaired) electrons. The number of hydrogen-bond acceptors (Lipinski definition) is 2. The molecular weight excluding hydrogens is 196 g/mol. The first-order chi connectivity index (χ1) is 7.58. The predicted molar refractivity (Wildman–Crippen MR) is 69.7 cm³/mol. The number of likely N-dealkylation sites (tertiary alicyclic amines) is 1. The van der Waals surface area contributed by atoms with Crippen LogP contribution in [0.2, 0.25) is 0 Å². The molecule has 1 aliphatic carbocycles. The van der Waals surface area contributed by atoms with Gasteiger partial charge in [-0.1, -0.05) is 20.3 Å². The van der Waals surface area contributed by atoms with Gasteiger partial charge in [0.1, 0.15) is 0 Å². The summed E-state index contributed by atoms with van der Waals surface area (Å²) in [6, 6.07) is 1.54. The Balaban J connectivity index is 1.84. The van der Waals surface area contributed by atoms with Crippen LogP contribution in [0.3, 0.4) is 0 Å². The van der Waals surface area contributed by atoms with Gasteiger partial charge < -0.3 is 10.2 Å². The summed E-state index contributed by atoms with van der Waals surface area (Å²) in [5.74, 6) is 0. The molecule has 2 unspecified atom stereocenters. The Labute approximate surface area is 101 Å². The third kappa shape index (κ3) is 2.98. The minimum atomic E-state index is 0.526. The van der Waals surface area contributed by atoms with E-state index >= 15 is 0 Å². The van der Waals surface area contributed by atoms with E-state index in [0.717, 1.165) is 12.1 Å². The molecule has 2 fully saturated rings. The summed E-state index contributed by atoms with van der Waals surface area (Å²) in [6.45, 7) is 7.41. The molecule has 2 nitrogen and oxygen atoms in total. The van der Waals surface area contributed by atoms with Gasteiger partial charge in [-0.2, -0.15) is 0 Å². The molecule has 0 aromatic carbocycles. The minimum absolute atomic E-state index is 0.526. The maximum Gasteiger partial charge on any atom is 0.0121 e. The number of rotatable bonds is 2. The molecule has 1 saturated heterocycles. The quantitative estimate of drug-likeness (QED) is 0.776. The second-order valence-corrected chi connectivity index (χ2v) is 6.53. The summed E-state index contributed by atoms with van der Waals surface area (Å²) in [6.07, 6.45) is 8.27. The van der Waals surface area contributed by atoms with Gasteiger partial charge in [0.05, 0.1) is 0 Å². The third-order valence-corrected chi connectivity index (χ3v) is 4.65. The Morgan fingerprint density at radius 3 is 2.56 bits per heavy atom. The molecule has 2 aliphatic rings. The van der Waals surface area contributed by atoms with Crippen molar-refractivity contribution in [3.63, 3.8) is 0 Å². The summed E-state index contributed by atoms with van der Waals surface area (Å²) >= 11 is 0. The van der Waals surface area contributed by atoms with Crippen LogP contribution in [0.4, 0.5) is 0 Å². The molecule has 16 heavy (non-hydrogen) atoms. The average molecular weight is 224 g/mol. The molecule has 2 heteroatoms. The van der Waals surface area contributed by atoms with Gasteiger partial charge in [0.2, 0.25) is 0 Å². The van der Waals surface area contributed by atoms with E-state index in [9.17, 15) is 0 Å². The van der Waals surface area contributed by atoms with Crippen LogP contribution < -0.4 is 5.32 Å². The molecule has 1 saturated carbocycles. The van der Waals surface area contributed by atoms with Gasteiger partial charge in [-0.15, -0.1) is 0 Å². The summed E-state index contributed by atoms with van der Waals surface area (Å²) < 4.78 is 0. The van der Waals surface area contributed by atoms with E-state index in [1.807, 2.05) is 0 Å². The lowest BCUT2D eigenvalue weighted by Gasteiger charge is -2.31. The van der Waals surface area contributed by atoms with Crippen LogP contribution >= 0.6 is 0 Å². The Bertz CT molecular complexity index is 225. The normalized spacial score (nSPS) is 36.2. The first kappa shape index (κ1) is 12.4. The molecule has 0 amide bonds. The lowest BCUT2D eigenvalue weighted by molar-refractivity contribution is 0.251. The summed E-state index contributed by atoms with van der Waals surface area (Å²) in [5.41, 5.74) is 0.526.